The summed E-state index contributed by atoms with van der Waals surface area (Å²) in [6.45, 7) is 0. The molecule has 0 spiro atoms. The van der Waals surface area contributed by atoms with Gasteiger partial charge in [0.15, 0.2) is 0 Å². The number of nitriles is 1. The van der Waals surface area contributed by atoms with Gasteiger partial charge < -0.3 is 9.47 Å². The Morgan fingerprint density at radius 2 is 1.35 bits per heavy atom. The van der Waals surface area contributed by atoms with E-state index in [9.17, 15) is 5.26 Å². The summed E-state index contributed by atoms with van der Waals surface area (Å²) in [5, 5.41) is 9.36. The molecule has 7 heteroatoms. The van der Waals surface area contributed by atoms with Crippen LogP contribution in [0.4, 0.5) is 0 Å². The number of methoxy groups -OCH3 is 2. The van der Waals surface area contributed by atoms with E-state index in [0.29, 0.717) is 6.42 Å². The van der Waals surface area contributed by atoms with Gasteiger partial charge in [-0.15, -0.1) is 23.5 Å². The van der Waals surface area contributed by atoms with Crippen LogP contribution in [0.2, 0.25) is 0 Å². The van der Waals surface area contributed by atoms with Crippen LogP contribution in [0.15, 0.2) is 66.3 Å². The van der Waals surface area contributed by atoms with E-state index in [2.05, 4.69) is 55.0 Å². The van der Waals surface area contributed by atoms with Gasteiger partial charge in [0.2, 0.25) is 0 Å². The summed E-state index contributed by atoms with van der Waals surface area (Å²) >= 11 is 7.44. The highest BCUT2D eigenvalue weighted by Gasteiger charge is 2.25. The molecule has 0 amide bonds. The molecule has 0 fully saturated rings. The van der Waals surface area contributed by atoms with Gasteiger partial charge in [-0.2, -0.15) is 5.26 Å². The number of nitrogens with zero attached hydrogens (tertiary/aromatic N) is 1. The van der Waals surface area contributed by atoms with E-state index in [1.165, 1.54) is 29.4 Å². The second-order valence-corrected chi connectivity index (χ2v) is 12.5. The minimum absolute atomic E-state index is 0.646. The number of hydrogen-bond acceptors (Lipinski definition) is 7. The van der Waals surface area contributed by atoms with E-state index < -0.39 is 0 Å². The second kappa shape index (κ2) is 11.7. The number of hydrogen-bond donors (Lipinski definition) is 0. The Morgan fingerprint density at radius 1 is 0.824 bits per heavy atom. The Morgan fingerprint density at radius 3 is 1.85 bits per heavy atom. The highest BCUT2D eigenvalue weighted by atomic mass is 32.3. The largest absolute Gasteiger partial charge is 0.496 e. The average Bonchev–Trinajstić information content (AvgIpc) is 3.28. The van der Waals surface area contributed by atoms with E-state index in [-0.39, 0.29) is 0 Å². The van der Waals surface area contributed by atoms with Gasteiger partial charge >= 0.3 is 0 Å². The van der Waals surface area contributed by atoms with Crippen molar-refractivity contribution >= 4 is 47.0 Å². The Bertz CT molecular complexity index is 1190. The number of allylic oxidation sites excluding steroid dienone is 3. The minimum atomic E-state index is 0.646. The Kier molecular flexibility index (Phi) is 8.70. The average molecular weight is 526 g/mol. The first kappa shape index (κ1) is 25.2. The van der Waals surface area contributed by atoms with E-state index in [1.807, 2.05) is 47.0 Å². The fourth-order valence-electron chi connectivity index (χ4n) is 4.19. The SMILES string of the molecule is COc1cc2c(OC)cc1CC(=C1SC(SC)=C(SC)S1)Cc1ccc(cc1)C/C(=C/C#N)C2. The van der Waals surface area contributed by atoms with Crippen molar-refractivity contribution in [2.75, 3.05) is 26.7 Å². The van der Waals surface area contributed by atoms with Crippen LogP contribution >= 0.6 is 47.0 Å². The molecule has 34 heavy (non-hydrogen) atoms. The molecule has 0 unspecified atom stereocenters. The van der Waals surface area contributed by atoms with E-state index in [1.54, 1.807) is 20.3 Å². The lowest BCUT2D eigenvalue weighted by Crippen LogP contribution is -2.05. The summed E-state index contributed by atoms with van der Waals surface area (Å²) in [5.41, 5.74) is 7.11. The molecule has 4 aliphatic carbocycles. The van der Waals surface area contributed by atoms with Crippen LogP contribution in [-0.2, 0) is 25.7 Å². The topological polar surface area (TPSA) is 42.2 Å². The van der Waals surface area contributed by atoms with Crippen LogP contribution in [-0.4, -0.2) is 26.7 Å². The minimum Gasteiger partial charge on any atom is -0.496 e. The molecule has 0 radical (unpaired) electrons. The lowest BCUT2D eigenvalue weighted by molar-refractivity contribution is 0.396. The molecule has 4 bridgehead atoms. The second-order valence-electron chi connectivity index (χ2n) is 8.01. The van der Waals surface area contributed by atoms with Crippen molar-refractivity contribution in [1.29, 1.82) is 5.26 Å². The first-order valence-electron chi connectivity index (χ1n) is 10.9. The molecule has 0 atom stereocenters. The van der Waals surface area contributed by atoms with Gasteiger partial charge in [0.25, 0.3) is 0 Å². The molecular formula is C27H27NO2S4. The van der Waals surface area contributed by atoms with Gasteiger partial charge in [-0.25, -0.2) is 0 Å². The van der Waals surface area contributed by atoms with Gasteiger partial charge in [0.05, 0.1) is 33.0 Å². The zero-order chi connectivity index (χ0) is 24.1. The highest BCUT2D eigenvalue weighted by Crippen LogP contribution is 2.57. The summed E-state index contributed by atoms with van der Waals surface area (Å²) < 4.78 is 15.8. The van der Waals surface area contributed by atoms with Gasteiger partial charge in [-0.05, 0) is 67.0 Å². The zero-order valence-electron chi connectivity index (χ0n) is 19.8. The number of ether oxygens (including phenoxy) is 2. The molecule has 0 saturated heterocycles. The Labute approximate surface area is 219 Å². The Hall–Kier alpha value is -1.85. The monoisotopic (exact) mass is 525 g/mol. The predicted octanol–water partition coefficient (Wildman–Crippen LogP) is 7.58. The maximum atomic E-state index is 9.36. The molecule has 0 saturated carbocycles. The first-order valence-corrected chi connectivity index (χ1v) is 15.0. The smallest absolute Gasteiger partial charge is 0.122 e. The standard InChI is InChI=1S/C27H27NO2S4/c1-29-23-16-21-14-22(25-33-26(31-3)27(32-4)34-25)12-18-7-5-17(6-8-18)11-19(9-10-28)13-20(23)15-24(21)30-2/h5-9,15-16H,11-14H2,1-4H3/b19-9-. The van der Waals surface area contributed by atoms with Crippen LogP contribution in [0.25, 0.3) is 0 Å². The number of rotatable bonds is 4. The quantitative estimate of drug-likeness (QED) is 0.381. The van der Waals surface area contributed by atoms with Crippen LogP contribution in [0.1, 0.15) is 22.3 Å². The van der Waals surface area contributed by atoms with Gasteiger partial charge in [-0.3, -0.25) is 0 Å². The normalized spacial score (nSPS) is 17.3. The predicted molar refractivity (Wildman–Crippen MR) is 151 cm³/mol. The third-order valence-corrected chi connectivity index (χ3v) is 11.2. The van der Waals surface area contributed by atoms with Crippen molar-refractivity contribution in [2.24, 2.45) is 0 Å². The van der Waals surface area contributed by atoms with E-state index in [4.69, 9.17) is 9.47 Å². The van der Waals surface area contributed by atoms with Crippen molar-refractivity contribution in [3.05, 3.63) is 88.6 Å². The molecule has 2 aromatic carbocycles. The summed E-state index contributed by atoms with van der Waals surface area (Å²) in [6.07, 6.45) is 9.03. The van der Waals surface area contributed by atoms with Crippen LogP contribution in [0.3, 0.4) is 0 Å². The van der Waals surface area contributed by atoms with Gasteiger partial charge in [0.1, 0.15) is 11.5 Å². The lowest BCUT2D eigenvalue weighted by Gasteiger charge is -2.19. The van der Waals surface area contributed by atoms with Gasteiger partial charge in [0, 0.05) is 17.2 Å². The number of thioether (sulfide) groups is 4. The molecular weight excluding hydrogens is 499 g/mol. The molecule has 176 valence electrons. The summed E-state index contributed by atoms with van der Waals surface area (Å²) in [6, 6.07) is 15.3. The maximum absolute atomic E-state index is 9.36. The molecule has 7 rings (SSSR count). The first-order chi connectivity index (χ1) is 16.6. The Balaban J connectivity index is 1.85. The van der Waals surface area contributed by atoms with Crippen LogP contribution < -0.4 is 9.47 Å². The molecule has 1 heterocycles. The maximum Gasteiger partial charge on any atom is 0.122 e. The molecule has 2 aromatic rings. The highest BCUT2D eigenvalue weighted by molar-refractivity contribution is 8.40. The van der Waals surface area contributed by atoms with Crippen LogP contribution in [0.5, 0.6) is 11.5 Å². The third-order valence-electron chi connectivity index (χ3n) is 5.84. The van der Waals surface area contributed by atoms with Crippen LogP contribution in [0, 0.1) is 11.3 Å². The fourth-order valence-corrected chi connectivity index (χ4v) is 9.25. The van der Waals surface area contributed by atoms with E-state index in [0.717, 1.165) is 47.5 Å². The molecule has 0 aromatic heterocycles. The van der Waals surface area contributed by atoms with Crippen molar-refractivity contribution < 1.29 is 9.47 Å². The molecule has 3 nitrogen and oxygen atoms in total. The zero-order valence-corrected chi connectivity index (χ0v) is 23.0. The van der Waals surface area contributed by atoms with Crippen molar-refractivity contribution in [3.63, 3.8) is 0 Å². The van der Waals surface area contributed by atoms with Crippen molar-refractivity contribution in [3.8, 4) is 17.6 Å². The molecule has 0 N–H and O–H groups in total. The summed E-state index contributed by atoms with van der Waals surface area (Å²) in [5.74, 6) is 1.71. The van der Waals surface area contributed by atoms with E-state index >= 15 is 0 Å². The summed E-state index contributed by atoms with van der Waals surface area (Å²) in [7, 11) is 3.44. The summed E-state index contributed by atoms with van der Waals surface area (Å²) in [4.78, 5) is 0. The van der Waals surface area contributed by atoms with Gasteiger partial charge in [-0.1, -0.05) is 53.4 Å². The fraction of sp³-hybridized carbons (Fsp3) is 0.296. The van der Waals surface area contributed by atoms with Crippen molar-refractivity contribution in [1.82, 2.24) is 0 Å². The lowest BCUT2D eigenvalue weighted by atomic mass is 9.92. The third kappa shape index (κ3) is 5.68. The molecule has 1 aliphatic heterocycles. The molecule has 5 aliphatic rings. The van der Waals surface area contributed by atoms with Crippen molar-refractivity contribution in [2.45, 2.75) is 25.7 Å². The number of benzene rings is 2.